The predicted molar refractivity (Wildman–Crippen MR) is 112 cm³/mol. The van der Waals surface area contributed by atoms with E-state index in [1.807, 2.05) is 6.92 Å². The van der Waals surface area contributed by atoms with Crippen LogP contribution in [0.5, 0.6) is 5.88 Å². The maximum absolute atomic E-state index is 14.5. The normalized spacial score (nSPS) is 18.8. The van der Waals surface area contributed by atoms with Gasteiger partial charge in [-0.15, -0.1) is 11.3 Å². The smallest absolute Gasteiger partial charge is 0.406 e. The van der Waals surface area contributed by atoms with Crippen molar-refractivity contribution in [3.63, 3.8) is 0 Å². The molecule has 0 radical (unpaired) electrons. The summed E-state index contributed by atoms with van der Waals surface area (Å²) in [5, 5.41) is 3.76. The van der Waals surface area contributed by atoms with Gasteiger partial charge in [0, 0.05) is 23.3 Å². The summed E-state index contributed by atoms with van der Waals surface area (Å²) in [6.07, 6.45) is -2.92. The number of carbonyl (C=O) groups is 1. The second kappa shape index (κ2) is 8.41. The van der Waals surface area contributed by atoms with Gasteiger partial charge < -0.3 is 19.5 Å². The lowest BCUT2D eigenvalue weighted by Gasteiger charge is -2.17. The van der Waals surface area contributed by atoms with E-state index in [0.29, 0.717) is 10.5 Å². The molecule has 0 aliphatic carbocycles. The van der Waals surface area contributed by atoms with Crippen molar-refractivity contribution in [1.82, 2.24) is 19.4 Å². The Morgan fingerprint density at radius 3 is 2.88 bits per heavy atom. The summed E-state index contributed by atoms with van der Waals surface area (Å²) < 4.78 is 60.5. The Morgan fingerprint density at radius 1 is 1.44 bits per heavy atom. The van der Waals surface area contributed by atoms with E-state index in [2.05, 4.69) is 21.9 Å². The van der Waals surface area contributed by atoms with Crippen LogP contribution in [0.15, 0.2) is 37.2 Å². The third-order valence-electron chi connectivity index (χ3n) is 4.89. The van der Waals surface area contributed by atoms with Crippen molar-refractivity contribution < 1.29 is 27.1 Å². The SMILES string of the molecule is C=CC(=O)N1C[C@H](F)[C@H](Oc2nc(Nc3ncc(C)s3)cc3c2ccn3CC(F)(F)F)C1. The summed E-state index contributed by atoms with van der Waals surface area (Å²) in [5.74, 6) is -0.251. The first-order valence-corrected chi connectivity index (χ1v) is 10.4. The molecule has 1 aliphatic rings. The Kier molecular flexibility index (Phi) is 5.80. The van der Waals surface area contributed by atoms with Gasteiger partial charge in [-0.05, 0) is 19.1 Å². The van der Waals surface area contributed by atoms with Crippen LogP contribution in [0.1, 0.15) is 4.88 Å². The number of halogens is 4. The number of thiazole rings is 1. The van der Waals surface area contributed by atoms with Gasteiger partial charge in [0.05, 0.1) is 24.0 Å². The number of pyridine rings is 1. The van der Waals surface area contributed by atoms with E-state index in [4.69, 9.17) is 4.74 Å². The van der Waals surface area contributed by atoms with Crippen molar-refractivity contribution in [2.24, 2.45) is 0 Å². The van der Waals surface area contributed by atoms with Crippen LogP contribution in [0.4, 0.5) is 28.5 Å². The van der Waals surface area contributed by atoms with Gasteiger partial charge in [-0.3, -0.25) is 4.79 Å². The lowest BCUT2D eigenvalue weighted by atomic mass is 10.2. The van der Waals surface area contributed by atoms with Crippen molar-refractivity contribution >= 4 is 39.1 Å². The predicted octanol–water partition coefficient (Wildman–Crippen LogP) is 4.22. The number of aromatic nitrogens is 3. The monoisotopic (exact) mass is 469 g/mol. The number of aryl methyl sites for hydroxylation is 1. The van der Waals surface area contributed by atoms with Crippen molar-refractivity contribution in [2.75, 3.05) is 18.4 Å². The fourth-order valence-corrected chi connectivity index (χ4v) is 4.13. The molecular weight excluding hydrogens is 450 g/mol. The highest BCUT2D eigenvalue weighted by atomic mass is 32.1. The number of alkyl halides is 4. The van der Waals surface area contributed by atoms with Gasteiger partial charge in [0.25, 0.3) is 0 Å². The fraction of sp³-hybridized carbons (Fsp3) is 0.350. The third-order valence-corrected chi connectivity index (χ3v) is 5.71. The molecule has 0 saturated carbocycles. The van der Waals surface area contributed by atoms with Gasteiger partial charge in [0.15, 0.2) is 17.4 Å². The largest absolute Gasteiger partial charge is 0.469 e. The summed E-state index contributed by atoms with van der Waals surface area (Å²) in [7, 11) is 0. The van der Waals surface area contributed by atoms with Gasteiger partial charge in [0.1, 0.15) is 12.4 Å². The molecule has 0 bridgehead atoms. The molecule has 4 rings (SSSR count). The number of nitrogens with one attached hydrogen (secondary N) is 1. The molecule has 1 N–H and O–H groups in total. The van der Waals surface area contributed by atoms with Gasteiger partial charge in [-0.25, -0.2) is 9.37 Å². The number of amides is 1. The minimum atomic E-state index is -4.43. The van der Waals surface area contributed by atoms with Crippen LogP contribution >= 0.6 is 11.3 Å². The zero-order valence-electron chi connectivity index (χ0n) is 16.9. The topological polar surface area (TPSA) is 72.3 Å². The van der Waals surface area contributed by atoms with E-state index in [9.17, 15) is 22.4 Å². The van der Waals surface area contributed by atoms with Gasteiger partial charge >= 0.3 is 6.18 Å². The average Bonchev–Trinajstić information content (AvgIpc) is 3.40. The molecule has 2 atom stereocenters. The van der Waals surface area contributed by atoms with Gasteiger partial charge in [0.2, 0.25) is 11.8 Å². The number of nitrogens with zero attached hydrogens (tertiary/aromatic N) is 4. The number of rotatable bonds is 6. The summed E-state index contributed by atoms with van der Waals surface area (Å²) in [6.45, 7) is 3.86. The maximum atomic E-state index is 14.5. The molecule has 1 aliphatic heterocycles. The molecular formula is C20H19F4N5O2S. The second-order valence-electron chi connectivity index (χ2n) is 7.32. The Balaban J connectivity index is 1.69. The highest BCUT2D eigenvalue weighted by molar-refractivity contribution is 7.15. The Labute approximate surface area is 184 Å². The fourth-order valence-electron chi connectivity index (χ4n) is 3.46. The molecule has 0 aromatic carbocycles. The highest BCUT2D eigenvalue weighted by Gasteiger charge is 2.37. The van der Waals surface area contributed by atoms with Crippen molar-refractivity contribution in [2.45, 2.75) is 31.9 Å². The number of anilines is 2. The first-order valence-electron chi connectivity index (χ1n) is 9.61. The summed E-state index contributed by atoms with van der Waals surface area (Å²) in [6, 6.07) is 2.90. The average molecular weight is 469 g/mol. The first kappa shape index (κ1) is 22.1. The zero-order valence-corrected chi connectivity index (χ0v) is 17.7. The molecule has 3 aromatic heterocycles. The molecule has 170 valence electrons. The Bertz CT molecular complexity index is 1160. The number of hydrogen-bond donors (Lipinski definition) is 1. The van der Waals surface area contributed by atoms with Crippen LogP contribution in [-0.2, 0) is 11.3 Å². The molecule has 3 aromatic rings. The molecule has 1 saturated heterocycles. The number of hydrogen-bond acceptors (Lipinski definition) is 6. The molecule has 7 nitrogen and oxygen atoms in total. The summed E-state index contributed by atoms with van der Waals surface area (Å²) in [5.41, 5.74) is 0.218. The summed E-state index contributed by atoms with van der Waals surface area (Å²) in [4.78, 5) is 22.5. The van der Waals surface area contributed by atoms with Gasteiger partial charge in [-0.1, -0.05) is 6.58 Å². The number of ether oxygens (including phenoxy) is 1. The van der Waals surface area contributed by atoms with Crippen molar-refractivity contribution in [3.05, 3.63) is 42.1 Å². The highest BCUT2D eigenvalue weighted by Crippen LogP contribution is 2.33. The Morgan fingerprint density at radius 2 is 2.22 bits per heavy atom. The van der Waals surface area contributed by atoms with E-state index >= 15 is 0 Å². The van der Waals surface area contributed by atoms with Crippen LogP contribution in [0.2, 0.25) is 0 Å². The van der Waals surface area contributed by atoms with E-state index in [1.54, 1.807) is 6.20 Å². The van der Waals surface area contributed by atoms with Crippen LogP contribution in [0.25, 0.3) is 10.9 Å². The number of fused-ring (bicyclic) bond motifs is 1. The zero-order chi connectivity index (χ0) is 23.0. The van der Waals surface area contributed by atoms with E-state index in [1.165, 1.54) is 34.6 Å². The summed E-state index contributed by atoms with van der Waals surface area (Å²) >= 11 is 1.35. The molecule has 1 amide bonds. The molecule has 12 heteroatoms. The van der Waals surface area contributed by atoms with E-state index < -0.39 is 30.9 Å². The standard InChI is InChI=1S/C20H19F4N5O2S/c1-3-17(30)29-8-13(21)15(9-29)31-18-12-4-5-28(10-20(22,23)24)14(12)6-16(26-18)27-19-25-7-11(2)32-19/h3-7,13,15H,1,8-10H2,2H3,(H,25,26,27)/t13-,15+/m0/s1. The quantitative estimate of drug-likeness (QED) is 0.432. The van der Waals surface area contributed by atoms with Crippen LogP contribution in [-0.4, -0.2) is 56.9 Å². The lowest BCUT2D eigenvalue weighted by Crippen LogP contribution is -2.30. The number of likely N-dealkylation sites (tertiary alicyclic amines) is 1. The van der Waals surface area contributed by atoms with Gasteiger partial charge in [-0.2, -0.15) is 18.2 Å². The van der Waals surface area contributed by atoms with Crippen LogP contribution < -0.4 is 10.1 Å². The molecule has 0 unspecified atom stereocenters. The van der Waals surface area contributed by atoms with E-state index in [0.717, 1.165) is 15.5 Å². The molecule has 4 heterocycles. The molecule has 0 spiro atoms. The van der Waals surface area contributed by atoms with Crippen LogP contribution in [0, 0.1) is 6.92 Å². The van der Waals surface area contributed by atoms with E-state index in [-0.39, 0.29) is 30.3 Å². The van der Waals surface area contributed by atoms with Crippen molar-refractivity contribution in [1.29, 1.82) is 0 Å². The number of carbonyl (C=O) groups excluding carboxylic acids is 1. The minimum Gasteiger partial charge on any atom is -0.469 e. The Hall–Kier alpha value is -3.15. The molecule has 32 heavy (non-hydrogen) atoms. The van der Waals surface area contributed by atoms with Crippen LogP contribution in [0.3, 0.4) is 0 Å². The second-order valence-corrected chi connectivity index (χ2v) is 8.56. The minimum absolute atomic E-state index is 0.0260. The first-order chi connectivity index (χ1) is 15.1. The lowest BCUT2D eigenvalue weighted by molar-refractivity contribution is -0.139. The third kappa shape index (κ3) is 4.69. The maximum Gasteiger partial charge on any atom is 0.406 e. The van der Waals surface area contributed by atoms with Crippen molar-refractivity contribution in [3.8, 4) is 5.88 Å². The molecule has 1 fully saturated rings.